The monoisotopic (exact) mass is 370 g/mol. The molecule has 0 spiro atoms. The third kappa shape index (κ3) is 6.27. The van der Waals surface area contributed by atoms with Crippen LogP contribution in [0.2, 0.25) is 0 Å². The SMILES string of the molecule is CCOc1ccc(C(NC(=O)CCc2ccccn2)C(C)C)cc1OCC. The van der Waals surface area contributed by atoms with Crippen LogP contribution in [0.25, 0.3) is 0 Å². The van der Waals surface area contributed by atoms with E-state index in [9.17, 15) is 4.79 Å². The molecule has 0 radical (unpaired) electrons. The Kier molecular flexibility index (Phi) is 8.11. The molecule has 1 N–H and O–H groups in total. The molecule has 0 aliphatic carbocycles. The van der Waals surface area contributed by atoms with Crippen LogP contribution >= 0.6 is 0 Å². The first kappa shape index (κ1) is 20.7. The van der Waals surface area contributed by atoms with Crippen molar-refractivity contribution in [3.8, 4) is 11.5 Å². The number of carbonyl (C=O) groups excluding carboxylic acids is 1. The second kappa shape index (κ2) is 10.6. The summed E-state index contributed by atoms with van der Waals surface area (Å²) in [5, 5.41) is 3.16. The minimum Gasteiger partial charge on any atom is -0.490 e. The summed E-state index contributed by atoms with van der Waals surface area (Å²) in [5.74, 6) is 1.71. The Labute approximate surface area is 162 Å². The molecule has 0 aliphatic rings. The predicted molar refractivity (Wildman–Crippen MR) is 107 cm³/mol. The molecular formula is C22H30N2O3. The van der Waals surface area contributed by atoms with Crippen molar-refractivity contribution in [2.45, 2.75) is 46.6 Å². The number of aryl methyl sites for hydroxylation is 1. The maximum Gasteiger partial charge on any atom is 0.220 e. The Morgan fingerprint density at radius 1 is 1.07 bits per heavy atom. The van der Waals surface area contributed by atoms with E-state index >= 15 is 0 Å². The molecule has 1 aromatic carbocycles. The summed E-state index contributed by atoms with van der Waals surface area (Å²) in [6.45, 7) is 9.23. The molecule has 2 aromatic rings. The summed E-state index contributed by atoms with van der Waals surface area (Å²) in [6.07, 6.45) is 2.79. The number of amides is 1. The van der Waals surface area contributed by atoms with Gasteiger partial charge >= 0.3 is 0 Å². The van der Waals surface area contributed by atoms with Gasteiger partial charge in [-0.15, -0.1) is 0 Å². The number of hydrogen-bond acceptors (Lipinski definition) is 4. The van der Waals surface area contributed by atoms with Gasteiger partial charge in [-0.05, 0) is 56.0 Å². The molecule has 0 bridgehead atoms. The van der Waals surface area contributed by atoms with Crippen LogP contribution in [0.1, 0.15) is 51.4 Å². The smallest absolute Gasteiger partial charge is 0.220 e. The predicted octanol–water partition coefficient (Wildman–Crippen LogP) is 4.33. The molecule has 27 heavy (non-hydrogen) atoms. The highest BCUT2D eigenvalue weighted by atomic mass is 16.5. The highest BCUT2D eigenvalue weighted by Gasteiger charge is 2.20. The second-order valence-corrected chi connectivity index (χ2v) is 6.68. The molecule has 0 saturated carbocycles. The van der Waals surface area contributed by atoms with Crippen molar-refractivity contribution in [3.63, 3.8) is 0 Å². The molecular weight excluding hydrogens is 340 g/mol. The van der Waals surface area contributed by atoms with Crippen molar-refractivity contribution < 1.29 is 14.3 Å². The van der Waals surface area contributed by atoms with Crippen molar-refractivity contribution in [1.82, 2.24) is 10.3 Å². The van der Waals surface area contributed by atoms with Gasteiger partial charge in [-0.1, -0.05) is 26.0 Å². The lowest BCUT2D eigenvalue weighted by atomic mass is 9.95. The first-order chi connectivity index (χ1) is 13.0. The van der Waals surface area contributed by atoms with Gasteiger partial charge in [0.1, 0.15) is 0 Å². The fraction of sp³-hybridized carbons (Fsp3) is 0.455. The van der Waals surface area contributed by atoms with E-state index < -0.39 is 0 Å². The van der Waals surface area contributed by atoms with Crippen LogP contribution in [0.15, 0.2) is 42.6 Å². The van der Waals surface area contributed by atoms with E-state index in [1.807, 2.05) is 50.2 Å². The molecule has 1 heterocycles. The van der Waals surface area contributed by atoms with Crippen molar-refractivity contribution in [2.24, 2.45) is 5.92 Å². The van der Waals surface area contributed by atoms with Gasteiger partial charge in [0.15, 0.2) is 11.5 Å². The molecule has 1 aromatic heterocycles. The number of hydrogen-bond donors (Lipinski definition) is 1. The van der Waals surface area contributed by atoms with E-state index in [4.69, 9.17) is 9.47 Å². The average molecular weight is 370 g/mol. The molecule has 1 unspecified atom stereocenters. The Bertz CT molecular complexity index is 717. The zero-order valence-corrected chi connectivity index (χ0v) is 16.7. The van der Waals surface area contributed by atoms with Gasteiger partial charge in [0, 0.05) is 18.3 Å². The lowest BCUT2D eigenvalue weighted by Gasteiger charge is -2.24. The molecule has 5 heteroatoms. The first-order valence-corrected chi connectivity index (χ1v) is 9.63. The summed E-state index contributed by atoms with van der Waals surface area (Å²) in [7, 11) is 0. The van der Waals surface area contributed by atoms with Crippen LogP contribution in [-0.4, -0.2) is 24.1 Å². The van der Waals surface area contributed by atoms with E-state index in [2.05, 4.69) is 24.1 Å². The van der Waals surface area contributed by atoms with E-state index in [1.165, 1.54) is 0 Å². The van der Waals surface area contributed by atoms with Gasteiger partial charge < -0.3 is 14.8 Å². The van der Waals surface area contributed by atoms with Gasteiger partial charge in [0.05, 0.1) is 19.3 Å². The third-order valence-electron chi connectivity index (χ3n) is 4.24. The minimum atomic E-state index is -0.0869. The third-order valence-corrected chi connectivity index (χ3v) is 4.24. The number of benzene rings is 1. The molecule has 146 valence electrons. The van der Waals surface area contributed by atoms with Gasteiger partial charge in [-0.25, -0.2) is 0 Å². The summed E-state index contributed by atoms with van der Waals surface area (Å²) in [5.41, 5.74) is 1.94. The number of nitrogens with one attached hydrogen (secondary N) is 1. The number of nitrogens with zero attached hydrogens (tertiary/aromatic N) is 1. The molecule has 2 rings (SSSR count). The number of carbonyl (C=O) groups is 1. The van der Waals surface area contributed by atoms with Gasteiger partial charge in [-0.2, -0.15) is 0 Å². The molecule has 5 nitrogen and oxygen atoms in total. The summed E-state index contributed by atoms with van der Waals surface area (Å²) in [6, 6.07) is 11.5. The highest BCUT2D eigenvalue weighted by Crippen LogP contribution is 2.33. The van der Waals surface area contributed by atoms with Gasteiger partial charge in [0.25, 0.3) is 0 Å². The number of ether oxygens (including phenoxy) is 2. The standard InChI is InChI=1S/C22H30N2O3/c1-5-26-19-12-10-17(15-20(19)27-6-2)22(16(3)4)24-21(25)13-11-18-9-7-8-14-23-18/h7-10,12,14-16,22H,5-6,11,13H2,1-4H3,(H,24,25). The second-order valence-electron chi connectivity index (χ2n) is 6.68. The Morgan fingerprint density at radius 2 is 1.81 bits per heavy atom. The Balaban J connectivity index is 2.09. The maximum atomic E-state index is 12.5. The van der Waals surface area contributed by atoms with Crippen LogP contribution < -0.4 is 14.8 Å². The van der Waals surface area contributed by atoms with Crippen LogP contribution in [0.3, 0.4) is 0 Å². The fourth-order valence-electron chi connectivity index (χ4n) is 2.93. The quantitative estimate of drug-likeness (QED) is 0.676. The van der Waals surface area contributed by atoms with Gasteiger partial charge in [0.2, 0.25) is 5.91 Å². The average Bonchev–Trinajstić information content (AvgIpc) is 2.67. The van der Waals surface area contributed by atoms with Crippen molar-refractivity contribution in [3.05, 3.63) is 53.9 Å². The summed E-state index contributed by atoms with van der Waals surface area (Å²) < 4.78 is 11.4. The summed E-state index contributed by atoms with van der Waals surface area (Å²) >= 11 is 0. The van der Waals surface area contributed by atoms with E-state index in [0.717, 1.165) is 17.0 Å². The van der Waals surface area contributed by atoms with E-state index in [0.29, 0.717) is 31.8 Å². The largest absolute Gasteiger partial charge is 0.490 e. The lowest BCUT2D eigenvalue weighted by Crippen LogP contribution is -2.32. The molecule has 1 atom stereocenters. The lowest BCUT2D eigenvalue weighted by molar-refractivity contribution is -0.122. The number of pyridine rings is 1. The molecule has 0 fully saturated rings. The maximum absolute atomic E-state index is 12.5. The van der Waals surface area contributed by atoms with E-state index in [1.54, 1.807) is 6.20 Å². The fourth-order valence-corrected chi connectivity index (χ4v) is 2.93. The van der Waals surface area contributed by atoms with Crippen molar-refractivity contribution >= 4 is 5.91 Å². The molecule has 1 amide bonds. The number of rotatable bonds is 10. The van der Waals surface area contributed by atoms with Crippen LogP contribution in [0.5, 0.6) is 11.5 Å². The Hall–Kier alpha value is -2.56. The van der Waals surface area contributed by atoms with Crippen molar-refractivity contribution in [1.29, 1.82) is 0 Å². The molecule has 0 saturated heterocycles. The topological polar surface area (TPSA) is 60.5 Å². The minimum absolute atomic E-state index is 0.0196. The van der Waals surface area contributed by atoms with Crippen LogP contribution in [0, 0.1) is 5.92 Å². The van der Waals surface area contributed by atoms with Crippen LogP contribution in [-0.2, 0) is 11.2 Å². The van der Waals surface area contributed by atoms with Gasteiger partial charge in [-0.3, -0.25) is 9.78 Å². The van der Waals surface area contributed by atoms with Crippen LogP contribution in [0.4, 0.5) is 0 Å². The zero-order valence-electron chi connectivity index (χ0n) is 16.7. The Morgan fingerprint density at radius 3 is 2.44 bits per heavy atom. The summed E-state index contributed by atoms with van der Waals surface area (Å²) in [4.78, 5) is 16.8. The highest BCUT2D eigenvalue weighted by molar-refractivity contribution is 5.76. The van der Waals surface area contributed by atoms with Crippen molar-refractivity contribution in [2.75, 3.05) is 13.2 Å². The normalized spacial score (nSPS) is 11.9. The molecule has 0 aliphatic heterocycles. The van der Waals surface area contributed by atoms with E-state index in [-0.39, 0.29) is 17.9 Å². The zero-order chi connectivity index (χ0) is 19.6. The first-order valence-electron chi connectivity index (χ1n) is 9.63. The number of aromatic nitrogens is 1.